The first kappa shape index (κ1) is 20.4. The van der Waals surface area contributed by atoms with Crippen molar-refractivity contribution in [1.82, 2.24) is 10.0 Å². The van der Waals surface area contributed by atoms with E-state index >= 15 is 0 Å². The van der Waals surface area contributed by atoms with Gasteiger partial charge < -0.3 is 14.8 Å². The Kier molecular flexibility index (Phi) is 6.97. The van der Waals surface area contributed by atoms with Crippen LogP contribution in [0.2, 0.25) is 5.02 Å². The summed E-state index contributed by atoms with van der Waals surface area (Å²) < 4.78 is 38.4. The number of hydrogen-bond donors (Lipinski definition) is 2. The molecule has 7 nitrogen and oxygen atoms in total. The maximum Gasteiger partial charge on any atom is 0.258 e. The monoisotopic (exact) mass is 416 g/mol. The van der Waals surface area contributed by atoms with Gasteiger partial charge >= 0.3 is 0 Å². The minimum Gasteiger partial charge on any atom is -0.482 e. The highest BCUT2D eigenvalue weighted by atomic mass is 35.5. The number of carbonyl (C=O) groups is 1. The number of halogens is 1. The van der Waals surface area contributed by atoms with Gasteiger partial charge in [0.1, 0.15) is 5.75 Å². The molecule has 27 heavy (non-hydrogen) atoms. The van der Waals surface area contributed by atoms with Gasteiger partial charge in [-0.1, -0.05) is 24.4 Å². The number of sulfonamides is 1. The lowest BCUT2D eigenvalue weighted by atomic mass is 10.2. The summed E-state index contributed by atoms with van der Waals surface area (Å²) in [5, 5.41) is 2.90. The van der Waals surface area contributed by atoms with E-state index in [1.165, 1.54) is 18.2 Å². The zero-order valence-corrected chi connectivity index (χ0v) is 16.7. The fraction of sp³-hybridized carbons (Fsp3) is 0.611. The van der Waals surface area contributed by atoms with Crippen LogP contribution in [0.1, 0.15) is 38.5 Å². The van der Waals surface area contributed by atoms with E-state index < -0.39 is 10.0 Å². The van der Waals surface area contributed by atoms with Gasteiger partial charge in [-0.15, -0.1) is 0 Å². The summed E-state index contributed by atoms with van der Waals surface area (Å²) >= 11 is 6.15. The Labute approximate surface area is 164 Å². The Balaban J connectivity index is 1.52. The number of benzene rings is 1. The highest BCUT2D eigenvalue weighted by Crippen LogP contribution is 2.28. The maximum atomic E-state index is 12.4. The lowest BCUT2D eigenvalue weighted by Crippen LogP contribution is -2.35. The smallest absolute Gasteiger partial charge is 0.258 e. The number of nitrogens with one attached hydrogen (secondary N) is 2. The third-order valence-corrected chi connectivity index (χ3v) is 6.61. The zero-order chi connectivity index (χ0) is 19.3. The van der Waals surface area contributed by atoms with Gasteiger partial charge in [-0.25, -0.2) is 13.1 Å². The van der Waals surface area contributed by atoms with Gasteiger partial charge in [-0.2, -0.15) is 0 Å². The summed E-state index contributed by atoms with van der Waals surface area (Å²) in [6.45, 7) is 0.996. The minimum absolute atomic E-state index is 0.0164. The lowest BCUT2D eigenvalue weighted by Gasteiger charge is -2.14. The minimum atomic E-state index is -3.62. The van der Waals surface area contributed by atoms with Gasteiger partial charge in [0.2, 0.25) is 10.0 Å². The van der Waals surface area contributed by atoms with E-state index in [-0.39, 0.29) is 40.3 Å². The van der Waals surface area contributed by atoms with E-state index in [2.05, 4.69) is 10.0 Å². The van der Waals surface area contributed by atoms with Crippen LogP contribution in [0.15, 0.2) is 23.1 Å². The molecule has 0 bridgehead atoms. The molecule has 2 aliphatic rings. The number of hydrogen-bond acceptors (Lipinski definition) is 5. The van der Waals surface area contributed by atoms with Crippen molar-refractivity contribution in [2.75, 3.05) is 19.8 Å². The van der Waals surface area contributed by atoms with Crippen molar-refractivity contribution < 1.29 is 22.7 Å². The van der Waals surface area contributed by atoms with Gasteiger partial charge in [0.15, 0.2) is 6.61 Å². The van der Waals surface area contributed by atoms with Gasteiger partial charge in [-0.3, -0.25) is 4.79 Å². The molecule has 9 heteroatoms. The van der Waals surface area contributed by atoms with Crippen LogP contribution in [-0.2, 0) is 19.6 Å². The van der Waals surface area contributed by atoms with E-state index in [0.717, 1.165) is 45.1 Å². The summed E-state index contributed by atoms with van der Waals surface area (Å²) in [5.74, 6) is -0.00934. The second-order valence-electron chi connectivity index (χ2n) is 6.92. The first-order valence-electron chi connectivity index (χ1n) is 9.27. The molecular formula is C18H25ClN2O5S. The SMILES string of the molecule is O=C(COc1ccc(S(=O)(=O)NC2CCCC2)cc1Cl)NC[C@H]1CCCO1. The van der Waals surface area contributed by atoms with Crippen molar-refractivity contribution in [3.8, 4) is 5.75 Å². The molecule has 1 amide bonds. The molecule has 1 aliphatic heterocycles. The molecule has 0 aromatic heterocycles. The lowest BCUT2D eigenvalue weighted by molar-refractivity contribution is -0.123. The number of amides is 1. The summed E-state index contributed by atoms with van der Waals surface area (Å²) in [5.41, 5.74) is 0. The average Bonchev–Trinajstić information content (AvgIpc) is 3.32. The highest BCUT2D eigenvalue weighted by molar-refractivity contribution is 7.89. The molecule has 3 rings (SSSR count). The van der Waals surface area contributed by atoms with Crippen LogP contribution in [0, 0.1) is 0 Å². The van der Waals surface area contributed by atoms with Gasteiger partial charge in [0.25, 0.3) is 5.91 Å². The van der Waals surface area contributed by atoms with E-state index in [1.54, 1.807) is 0 Å². The summed E-state index contributed by atoms with van der Waals surface area (Å²) in [6.07, 6.45) is 5.81. The van der Waals surface area contributed by atoms with Crippen molar-refractivity contribution in [2.24, 2.45) is 0 Å². The largest absolute Gasteiger partial charge is 0.482 e. The Hall–Kier alpha value is -1.35. The molecule has 1 atom stereocenters. The molecule has 0 unspecified atom stereocenters. The Bertz CT molecular complexity index is 759. The molecule has 1 saturated carbocycles. The molecule has 1 aliphatic carbocycles. The van der Waals surface area contributed by atoms with Crippen LogP contribution in [0.3, 0.4) is 0 Å². The Morgan fingerprint density at radius 3 is 2.67 bits per heavy atom. The van der Waals surface area contributed by atoms with Crippen LogP contribution < -0.4 is 14.8 Å². The molecule has 2 N–H and O–H groups in total. The highest BCUT2D eigenvalue weighted by Gasteiger charge is 2.23. The Morgan fingerprint density at radius 2 is 2.00 bits per heavy atom. The van der Waals surface area contributed by atoms with Crippen LogP contribution in [0.5, 0.6) is 5.75 Å². The quantitative estimate of drug-likeness (QED) is 0.677. The summed E-state index contributed by atoms with van der Waals surface area (Å²) in [7, 11) is -3.62. The fourth-order valence-electron chi connectivity index (χ4n) is 3.32. The number of carbonyl (C=O) groups excluding carboxylic acids is 1. The standard InChI is InChI=1S/C18H25ClN2O5S/c19-16-10-15(27(23,24)21-13-4-1-2-5-13)7-8-17(16)26-12-18(22)20-11-14-6-3-9-25-14/h7-8,10,13-14,21H,1-6,9,11-12H2,(H,20,22)/t14-/m1/s1. The molecular weight excluding hydrogens is 392 g/mol. The topological polar surface area (TPSA) is 93.7 Å². The molecule has 0 radical (unpaired) electrons. The van der Waals surface area contributed by atoms with Gasteiger partial charge in [0.05, 0.1) is 16.0 Å². The Morgan fingerprint density at radius 1 is 1.22 bits per heavy atom. The predicted octanol–water partition coefficient (Wildman–Crippen LogP) is 2.23. The van der Waals surface area contributed by atoms with Gasteiger partial charge in [0, 0.05) is 19.2 Å². The molecule has 1 aromatic rings. The summed E-state index contributed by atoms with van der Waals surface area (Å²) in [4.78, 5) is 12.0. The maximum absolute atomic E-state index is 12.4. The van der Waals surface area contributed by atoms with Crippen LogP contribution >= 0.6 is 11.6 Å². The molecule has 1 aromatic carbocycles. The van der Waals surface area contributed by atoms with Crippen LogP contribution in [-0.4, -0.2) is 46.2 Å². The zero-order valence-electron chi connectivity index (χ0n) is 15.1. The first-order chi connectivity index (χ1) is 12.9. The molecule has 150 valence electrons. The third kappa shape index (κ3) is 5.81. The summed E-state index contributed by atoms with van der Waals surface area (Å²) in [6, 6.07) is 4.23. The van der Waals surface area contributed by atoms with E-state index in [9.17, 15) is 13.2 Å². The molecule has 2 fully saturated rings. The van der Waals surface area contributed by atoms with E-state index in [1.807, 2.05) is 0 Å². The van der Waals surface area contributed by atoms with Crippen molar-refractivity contribution >= 4 is 27.5 Å². The molecule has 0 spiro atoms. The average molecular weight is 417 g/mol. The normalized spacial score (nSPS) is 20.7. The van der Waals surface area contributed by atoms with Gasteiger partial charge in [-0.05, 0) is 43.9 Å². The van der Waals surface area contributed by atoms with Crippen LogP contribution in [0.4, 0.5) is 0 Å². The fourth-order valence-corrected chi connectivity index (χ4v) is 4.95. The van der Waals surface area contributed by atoms with Crippen LogP contribution in [0.25, 0.3) is 0 Å². The van der Waals surface area contributed by atoms with Crippen molar-refractivity contribution in [3.63, 3.8) is 0 Å². The molecule has 1 saturated heterocycles. The van der Waals surface area contributed by atoms with Crippen molar-refractivity contribution in [1.29, 1.82) is 0 Å². The van der Waals surface area contributed by atoms with Crippen molar-refractivity contribution in [3.05, 3.63) is 23.2 Å². The first-order valence-corrected chi connectivity index (χ1v) is 11.1. The molecule has 1 heterocycles. The number of rotatable bonds is 8. The second-order valence-corrected chi connectivity index (χ2v) is 9.04. The van der Waals surface area contributed by atoms with E-state index in [4.69, 9.17) is 21.1 Å². The second kappa shape index (κ2) is 9.23. The van der Waals surface area contributed by atoms with Crippen molar-refractivity contribution in [2.45, 2.75) is 55.6 Å². The predicted molar refractivity (Wildman–Crippen MR) is 102 cm³/mol. The third-order valence-electron chi connectivity index (χ3n) is 4.80. The van der Waals surface area contributed by atoms with E-state index in [0.29, 0.717) is 6.54 Å². The number of ether oxygens (including phenoxy) is 2.